The normalized spacial score (nSPS) is 26.7. The molecule has 1 fully saturated rings. The number of hydrogen-bond acceptors (Lipinski definition) is 4. The van der Waals surface area contributed by atoms with Crippen molar-refractivity contribution in [3.05, 3.63) is 0 Å². The molecule has 1 aliphatic rings. The molecule has 0 aromatic heterocycles. The van der Waals surface area contributed by atoms with Crippen molar-refractivity contribution in [3.8, 4) is 0 Å². The predicted molar refractivity (Wildman–Crippen MR) is 43.0 cm³/mol. The molecule has 1 heterocycles. The van der Waals surface area contributed by atoms with Crippen LogP contribution in [-0.2, 0) is 4.52 Å². The van der Waals surface area contributed by atoms with Gasteiger partial charge in [0.25, 0.3) is 0 Å². The summed E-state index contributed by atoms with van der Waals surface area (Å²) >= 11 is 0. The molecule has 1 atom stereocenters. The largest absolute Gasteiger partial charge is 0.328 e. The van der Waals surface area contributed by atoms with Gasteiger partial charge in [0, 0.05) is 13.1 Å². The van der Waals surface area contributed by atoms with Crippen molar-refractivity contribution in [1.29, 1.82) is 0 Å². The van der Waals surface area contributed by atoms with Crippen molar-refractivity contribution in [2.45, 2.75) is 19.4 Å². The van der Waals surface area contributed by atoms with E-state index in [-0.39, 0.29) is 6.10 Å². The van der Waals surface area contributed by atoms with Crippen LogP contribution < -0.4 is 0 Å². The van der Waals surface area contributed by atoms with Gasteiger partial charge in [0.2, 0.25) is 0 Å². The molecule has 0 saturated carbocycles. The smallest absolute Gasteiger partial charge is 0.327 e. The summed E-state index contributed by atoms with van der Waals surface area (Å²) in [4.78, 5) is 19.3. The molecule has 0 spiro atoms. The van der Waals surface area contributed by atoms with Crippen LogP contribution in [0.5, 0.6) is 0 Å². The molecule has 1 rings (SSSR count). The van der Waals surface area contributed by atoms with Gasteiger partial charge in [0.05, 0.1) is 6.10 Å². The molecule has 2 N–H and O–H groups in total. The number of likely N-dealkylation sites (tertiary alicyclic amines) is 1. The van der Waals surface area contributed by atoms with Gasteiger partial charge in [0.1, 0.15) is 0 Å². The molecule has 0 bridgehead atoms. The van der Waals surface area contributed by atoms with Crippen molar-refractivity contribution in [3.63, 3.8) is 0 Å². The van der Waals surface area contributed by atoms with E-state index < -0.39 is 8.60 Å². The van der Waals surface area contributed by atoms with Crippen LogP contribution >= 0.6 is 8.60 Å². The van der Waals surface area contributed by atoms with Crippen molar-refractivity contribution in [1.82, 2.24) is 4.90 Å². The maximum atomic E-state index is 8.55. The molecule has 0 amide bonds. The van der Waals surface area contributed by atoms with Gasteiger partial charge < -0.3 is 19.2 Å². The minimum atomic E-state index is -2.16. The molecular formula is C6H14NO3P. The fraction of sp³-hybridized carbons (Fsp3) is 1.00. The van der Waals surface area contributed by atoms with Crippen LogP contribution in [0, 0.1) is 0 Å². The fourth-order valence-corrected chi connectivity index (χ4v) is 1.74. The van der Waals surface area contributed by atoms with Gasteiger partial charge in [0.15, 0.2) is 0 Å². The van der Waals surface area contributed by atoms with Crippen LogP contribution in [0.1, 0.15) is 13.3 Å². The summed E-state index contributed by atoms with van der Waals surface area (Å²) in [5.41, 5.74) is 0. The minimum Gasteiger partial charge on any atom is -0.328 e. The average Bonchev–Trinajstić information content (AvgIpc) is 2.34. The van der Waals surface area contributed by atoms with Gasteiger partial charge in [-0.1, -0.05) is 6.92 Å². The zero-order valence-corrected chi connectivity index (χ0v) is 7.50. The van der Waals surface area contributed by atoms with E-state index in [0.29, 0.717) is 0 Å². The van der Waals surface area contributed by atoms with Gasteiger partial charge in [-0.05, 0) is 13.0 Å². The monoisotopic (exact) mass is 179 g/mol. The second-order valence-corrected chi connectivity index (χ2v) is 3.38. The first-order valence-electron chi connectivity index (χ1n) is 3.79. The zero-order valence-electron chi connectivity index (χ0n) is 6.60. The number of nitrogens with zero attached hydrogens (tertiary/aromatic N) is 1. The lowest BCUT2D eigenvalue weighted by Gasteiger charge is -2.13. The van der Waals surface area contributed by atoms with Gasteiger partial charge >= 0.3 is 8.60 Å². The number of likely N-dealkylation sites (N-methyl/N-ethyl adjacent to an activating group) is 1. The van der Waals surface area contributed by atoms with Crippen LogP contribution in [0.25, 0.3) is 0 Å². The third-order valence-electron chi connectivity index (χ3n) is 1.92. The first kappa shape index (κ1) is 9.36. The summed E-state index contributed by atoms with van der Waals surface area (Å²) in [7, 11) is -2.16. The zero-order chi connectivity index (χ0) is 8.27. The summed E-state index contributed by atoms with van der Waals surface area (Å²) in [6.07, 6.45) is 0.935. The number of rotatable bonds is 3. The lowest BCUT2D eigenvalue weighted by molar-refractivity contribution is 0.173. The van der Waals surface area contributed by atoms with E-state index in [0.717, 1.165) is 26.1 Å². The summed E-state index contributed by atoms with van der Waals surface area (Å²) in [5, 5.41) is 0. The summed E-state index contributed by atoms with van der Waals surface area (Å²) in [6, 6.07) is 0. The Morgan fingerprint density at radius 1 is 1.64 bits per heavy atom. The van der Waals surface area contributed by atoms with Gasteiger partial charge in [-0.2, -0.15) is 0 Å². The third kappa shape index (κ3) is 3.01. The van der Waals surface area contributed by atoms with E-state index in [1.807, 2.05) is 0 Å². The van der Waals surface area contributed by atoms with Crippen molar-refractivity contribution >= 4 is 8.60 Å². The first-order valence-corrected chi connectivity index (χ1v) is 4.96. The quantitative estimate of drug-likeness (QED) is 0.612. The fourth-order valence-electron chi connectivity index (χ4n) is 1.30. The maximum absolute atomic E-state index is 8.55. The predicted octanol–water partition coefficient (Wildman–Crippen LogP) is 0.309. The first-order chi connectivity index (χ1) is 5.22. The Hall–Kier alpha value is 0.270. The van der Waals surface area contributed by atoms with Crippen molar-refractivity contribution in [2.75, 3.05) is 19.6 Å². The summed E-state index contributed by atoms with van der Waals surface area (Å²) in [5.74, 6) is 0. The molecule has 1 unspecified atom stereocenters. The average molecular weight is 179 g/mol. The molecule has 0 aromatic carbocycles. The highest BCUT2D eigenvalue weighted by Gasteiger charge is 2.23. The second-order valence-electron chi connectivity index (χ2n) is 2.66. The van der Waals surface area contributed by atoms with Gasteiger partial charge in [-0.25, -0.2) is 0 Å². The lowest BCUT2D eigenvalue weighted by Crippen LogP contribution is -2.21. The summed E-state index contributed by atoms with van der Waals surface area (Å²) < 4.78 is 4.88. The van der Waals surface area contributed by atoms with E-state index in [9.17, 15) is 0 Å². The molecule has 0 radical (unpaired) electrons. The highest BCUT2D eigenvalue weighted by Crippen LogP contribution is 2.30. The Bertz CT molecular complexity index is 122. The Morgan fingerprint density at radius 3 is 2.82 bits per heavy atom. The molecule has 1 aliphatic heterocycles. The van der Waals surface area contributed by atoms with Crippen LogP contribution in [0.15, 0.2) is 0 Å². The van der Waals surface area contributed by atoms with Gasteiger partial charge in [-0.15, -0.1) is 0 Å². The van der Waals surface area contributed by atoms with E-state index in [1.54, 1.807) is 0 Å². The Labute approximate surface area is 67.8 Å². The molecule has 5 heteroatoms. The molecular weight excluding hydrogens is 165 g/mol. The van der Waals surface area contributed by atoms with Crippen LogP contribution in [0.3, 0.4) is 0 Å². The third-order valence-corrected chi connectivity index (χ3v) is 2.41. The molecule has 0 aromatic rings. The van der Waals surface area contributed by atoms with E-state index in [4.69, 9.17) is 14.3 Å². The highest BCUT2D eigenvalue weighted by molar-refractivity contribution is 7.39. The molecule has 4 nitrogen and oxygen atoms in total. The molecule has 11 heavy (non-hydrogen) atoms. The topological polar surface area (TPSA) is 52.9 Å². The standard InChI is InChI=1S/C6H14NO3P/c1-2-7-4-3-6(5-7)10-11(8)9/h6,8-9H,2-5H2,1H3. The van der Waals surface area contributed by atoms with Gasteiger partial charge in [-0.3, -0.25) is 0 Å². The highest BCUT2D eigenvalue weighted by atomic mass is 31.2. The number of hydrogen-bond donors (Lipinski definition) is 2. The Balaban J connectivity index is 2.19. The van der Waals surface area contributed by atoms with Crippen LogP contribution in [-0.4, -0.2) is 40.4 Å². The molecule has 1 saturated heterocycles. The molecule has 0 aliphatic carbocycles. The van der Waals surface area contributed by atoms with Crippen LogP contribution in [0.2, 0.25) is 0 Å². The Kier molecular flexibility index (Phi) is 3.69. The molecule has 66 valence electrons. The lowest BCUT2D eigenvalue weighted by atomic mass is 10.3. The second kappa shape index (κ2) is 4.33. The SMILES string of the molecule is CCN1CCC(OP(O)O)C1. The van der Waals surface area contributed by atoms with E-state index >= 15 is 0 Å². The van der Waals surface area contributed by atoms with Crippen molar-refractivity contribution in [2.24, 2.45) is 0 Å². The van der Waals surface area contributed by atoms with E-state index in [1.165, 1.54) is 0 Å². The van der Waals surface area contributed by atoms with Crippen LogP contribution in [0.4, 0.5) is 0 Å². The summed E-state index contributed by atoms with van der Waals surface area (Å²) in [6.45, 7) is 4.93. The van der Waals surface area contributed by atoms with E-state index in [2.05, 4.69) is 11.8 Å². The Morgan fingerprint density at radius 2 is 2.36 bits per heavy atom. The van der Waals surface area contributed by atoms with Crippen molar-refractivity contribution < 1.29 is 14.3 Å². The minimum absolute atomic E-state index is 0.0241. The maximum Gasteiger partial charge on any atom is 0.327 e.